The van der Waals surface area contributed by atoms with Gasteiger partial charge in [-0.25, -0.2) is 13.2 Å². The number of carbonyl (C=O) groups excluding carboxylic acids is 2. The van der Waals surface area contributed by atoms with Crippen LogP contribution < -0.4 is 5.11 Å². The van der Waals surface area contributed by atoms with Gasteiger partial charge in [0.1, 0.15) is 0 Å². The molecule has 0 saturated heterocycles. The number of halogens is 9. The lowest BCUT2D eigenvalue weighted by atomic mass is 10.2. The number of carbonyl (C=O) groups is 2. The molecule has 72 heavy (non-hydrogen) atoms. The van der Waals surface area contributed by atoms with Crippen molar-refractivity contribution in [1.29, 1.82) is 0 Å². The summed E-state index contributed by atoms with van der Waals surface area (Å²) in [6, 6.07) is 63.3. The Kier molecular flexibility index (Phi) is 20.1. The van der Waals surface area contributed by atoms with Gasteiger partial charge in [-0.15, -0.1) is 0 Å². The number of thiophene rings is 2. The van der Waals surface area contributed by atoms with E-state index in [1.54, 1.807) is 34.7 Å². The number of carboxylic acids is 1. The number of fused-ring (bicyclic) bond motifs is 6. The Morgan fingerprint density at radius 2 is 0.833 bits per heavy atom. The smallest absolute Gasteiger partial charge is 0.426 e. The van der Waals surface area contributed by atoms with Crippen LogP contribution in [0.3, 0.4) is 0 Å². The molecule has 7 nitrogen and oxygen atoms in total. The third kappa shape index (κ3) is 14.2. The van der Waals surface area contributed by atoms with Gasteiger partial charge in [-0.1, -0.05) is 84.9 Å². The molecule has 8 aromatic carbocycles. The monoisotopic (exact) mass is 1700 g/mol. The molecule has 0 amide bonds. The maximum Gasteiger partial charge on any atom is 0.426 e. The van der Waals surface area contributed by atoms with Crippen molar-refractivity contribution in [3.63, 3.8) is 0 Å². The summed E-state index contributed by atoms with van der Waals surface area (Å²) in [4.78, 5) is 25.3. The molecule has 2 aromatic heterocycles. The first-order valence-electron chi connectivity index (χ1n) is 20.9. The molecule has 10 rings (SSSR count). The van der Waals surface area contributed by atoms with Crippen molar-refractivity contribution in [2.24, 2.45) is 0 Å². The van der Waals surface area contributed by atoms with E-state index in [9.17, 15) is 40.8 Å². The molecule has 2 heterocycles. The van der Waals surface area contributed by atoms with E-state index in [0.717, 1.165) is 10.7 Å². The van der Waals surface area contributed by atoms with E-state index >= 15 is 0 Å². The van der Waals surface area contributed by atoms with Crippen molar-refractivity contribution in [2.75, 3.05) is 5.75 Å². The second-order valence-corrected chi connectivity index (χ2v) is 27.5. The molecule has 0 spiro atoms. The molecule has 0 aliphatic heterocycles. The number of rotatable bonds is 7. The molecule has 0 fully saturated rings. The minimum absolute atomic E-state index is 0.0594. The lowest BCUT2D eigenvalue weighted by Crippen LogP contribution is -2.39. The normalized spacial score (nSPS) is 11.8. The SMILES string of the molecule is O=C(OC(CS(=O)(=O)[O-])C(F)(F)F)c1cc(I)cc(I)c1I.O=C([O-])c1cc(I)cc(I)c1I.c1ccc(-[s+]2c3ccccc3c3ccccc32)cc1.c1ccc(-[s+]2c3ccccc3c3ccccc32)cc1. The fourth-order valence-corrected chi connectivity index (χ4v) is 17.5. The summed E-state index contributed by atoms with van der Waals surface area (Å²) in [7, 11) is -5.09. The minimum atomic E-state index is -5.21. The predicted molar refractivity (Wildman–Crippen MR) is 334 cm³/mol. The molecule has 1 unspecified atom stereocenters. The Morgan fingerprint density at radius 3 is 1.17 bits per heavy atom. The number of aromatic carboxylic acids is 1. The Balaban J connectivity index is 0.000000143. The van der Waals surface area contributed by atoms with Crippen molar-refractivity contribution in [1.82, 2.24) is 0 Å². The summed E-state index contributed by atoms with van der Waals surface area (Å²) in [5, 5.41) is 16.2. The summed E-state index contributed by atoms with van der Waals surface area (Å²) in [5.74, 6) is -4.32. The molecule has 0 saturated carbocycles. The second kappa shape index (κ2) is 25.4. The van der Waals surface area contributed by atoms with Crippen LogP contribution >= 0.6 is 156 Å². The van der Waals surface area contributed by atoms with Gasteiger partial charge in [-0.05, 0) is 233 Å². The van der Waals surface area contributed by atoms with E-state index in [4.69, 9.17) is 0 Å². The van der Waals surface area contributed by atoms with Crippen LogP contribution in [0.5, 0.6) is 0 Å². The standard InChI is InChI=1S/2C18H13S.C10H6F3I3O5S.C7H3I3O2/c2*1-2-8-14(9-3-1)19-17-12-6-4-10-15(17)16-11-5-7-13-18(16)19;11-10(12,13)7(3-22(18,19)20)21-9(17)5-1-4(14)2-6(15)8(5)16;8-3-1-4(7(11)12)6(10)5(9)2-3/h2*1-13H;1-2,7H,3H2,(H,18,19,20);1-2H,(H,11,12)/q2*+1;;/p-2. The number of ether oxygens (including phenoxy) is 1. The van der Waals surface area contributed by atoms with Crippen LogP contribution in [0.15, 0.2) is 182 Å². The first kappa shape index (κ1) is 56.9. The van der Waals surface area contributed by atoms with Gasteiger partial charge in [0.2, 0.25) is 6.10 Å². The fourth-order valence-electron chi connectivity index (χ4n) is 7.31. The Morgan fingerprint density at radius 1 is 0.514 bits per heavy atom. The van der Waals surface area contributed by atoms with Crippen molar-refractivity contribution >= 4 is 219 Å². The molecule has 0 radical (unpaired) electrons. The van der Waals surface area contributed by atoms with Crippen molar-refractivity contribution in [3.8, 4) is 9.79 Å². The molecule has 0 N–H and O–H groups in total. The number of esters is 1. The Bertz CT molecular complexity index is 3450. The maximum atomic E-state index is 12.7. The minimum Gasteiger partial charge on any atom is -0.748 e. The average molecular weight is 1700 g/mol. The van der Waals surface area contributed by atoms with Gasteiger partial charge in [-0.2, -0.15) is 13.2 Å². The quantitative estimate of drug-likeness (QED) is 0.0512. The van der Waals surface area contributed by atoms with E-state index in [2.05, 4.69) is 208 Å². The van der Waals surface area contributed by atoms with Gasteiger partial charge in [0, 0.05) is 69.5 Å². The number of hydrogen-bond donors (Lipinski definition) is 0. The zero-order chi connectivity index (χ0) is 51.9. The number of hydrogen-bond acceptors (Lipinski definition) is 7. The molecule has 368 valence electrons. The van der Waals surface area contributed by atoms with E-state index in [1.807, 2.05) is 73.8 Å². The summed E-state index contributed by atoms with van der Waals surface area (Å²) in [5.41, 5.74) is 0.140. The van der Waals surface area contributed by atoms with Gasteiger partial charge >= 0.3 is 12.1 Å². The van der Waals surface area contributed by atoms with E-state index < -0.39 is 40.1 Å². The highest BCUT2D eigenvalue weighted by Gasteiger charge is 2.44. The summed E-state index contributed by atoms with van der Waals surface area (Å²) >= 11 is 11.7. The third-order valence-electron chi connectivity index (χ3n) is 10.4. The van der Waals surface area contributed by atoms with E-state index in [-0.39, 0.29) is 32.1 Å². The predicted octanol–water partition coefficient (Wildman–Crippen LogP) is 16.5. The van der Waals surface area contributed by atoms with Crippen molar-refractivity contribution in [3.05, 3.63) is 215 Å². The largest absolute Gasteiger partial charge is 0.748 e. The molecular formula is C53H33F3I6O7S3. The number of benzene rings is 8. The number of carboxylic acid groups (broad SMARTS) is 1. The summed E-state index contributed by atoms with van der Waals surface area (Å²) < 4.78 is 83.9. The zero-order valence-electron chi connectivity index (χ0n) is 36.6. The highest BCUT2D eigenvalue weighted by molar-refractivity contribution is 14.1. The van der Waals surface area contributed by atoms with Crippen LogP contribution in [0.2, 0.25) is 0 Å². The van der Waals surface area contributed by atoms with Crippen molar-refractivity contribution in [2.45, 2.75) is 12.3 Å². The van der Waals surface area contributed by atoms with Crippen LogP contribution in [0.1, 0.15) is 20.7 Å². The molecule has 0 bridgehead atoms. The molecule has 1 atom stereocenters. The van der Waals surface area contributed by atoms with E-state index in [0.29, 0.717) is 10.7 Å². The summed E-state index contributed by atoms with van der Waals surface area (Å²) in [6.45, 7) is 0. The van der Waals surface area contributed by atoms with Crippen LogP contribution in [0, 0.1) is 21.4 Å². The van der Waals surface area contributed by atoms with Gasteiger partial charge in [0.05, 0.1) is 27.4 Å². The van der Waals surface area contributed by atoms with Crippen LogP contribution in [-0.4, -0.2) is 42.9 Å². The van der Waals surface area contributed by atoms with Gasteiger partial charge < -0.3 is 19.2 Å². The zero-order valence-corrected chi connectivity index (χ0v) is 52.0. The first-order valence-corrected chi connectivity index (χ1v) is 31.4. The molecule has 0 aliphatic rings. The van der Waals surface area contributed by atoms with Crippen molar-refractivity contribution < 1.29 is 45.6 Å². The average Bonchev–Trinajstić information content (AvgIpc) is 3.87. The highest BCUT2D eigenvalue weighted by atomic mass is 127. The highest BCUT2D eigenvalue weighted by Crippen LogP contribution is 2.49. The fraction of sp³-hybridized carbons (Fsp3) is 0.0566. The Hall–Kier alpha value is -2.78. The van der Waals surface area contributed by atoms with Gasteiger partial charge in [-0.3, -0.25) is 0 Å². The van der Waals surface area contributed by atoms with Gasteiger partial charge in [0.15, 0.2) is 28.6 Å². The second-order valence-electron chi connectivity index (χ2n) is 15.2. The lowest BCUT2D eigenvalue weighted by Gasteiger charge is -2.22. The third-order valence-corrected chi connectivity index (χ3v) is 23.1. The topological polar surface area (TPSA) is 124 Å². The van der Waals surface area contributed by atoms with Crippen LogP contribution in [0.25, 0.3) is 50.1 Å². The van der Waals surface area contributed by atoms with Crippen LogP contribution in [0.4, 0.5) is 13.2 Å². The summed E-state index contributed by atoms with van der Waals surface area (Å²) in [6.07, 6.45) is -8.16. The lowest BCUT2D eigenvalue weighted by molar-refractivity contribution is -0.255. The van der Waals surface area contributed by atoms with Crippen LogP contribution in [-0.2, 0) is 14.9 Å². The van der Waals surface area contributed by atoms with Gasteiger partial charge in [0.25, 0.3) is 0 Å². The Labute approximate surface area is 499 Å². The maximum absolute atomic E-state index is 12.7. The molecular weight excluding hydrogens is 1660 g/mol. The number of alkyl halides is 3. The molecule has 10 aromatic rings. The molecule has 0 aliphatic carbocycles. The van der Waals surface area contributed by atoms with E-state index in [1.165, 1.54) is 56.2 Å². The molecule has 19 heteroatoms. The first-order chi connectivity index (χ1) is 34.2.